The molecule has 0 spiro atoms. The lowest BCUT2D eigenvalue weighted by molar-refractivity contribution is 0.138. The molecule has 0 amide bonds. The summed E-state index contributed by atoms with van der Waals surface area (Å²) in [6.45, 7) is 9.77. The zero-order valence-corrected chi connectivity index (χ0v) is 11.7. The number of aromatic nitrogens is 2. The lowest BCUT2D eigenvalue weighted by atomic mass is 9.98. The van der Waals surface area contributed by atoms with Crippen molar-refractivity contribution < 1.29 is 0 Å². The van der Waals surface area contributed by atoms with Gasteiger partial charge in [-0.15, -0.1) is 0 Å². The molecule has 0 fully saturated rings. The highest BCUT2D eigenvalue weighted by Gasteiger charge is 2.27. The Morgan fingerprint density at radius 2 is 2.06 bits per heavy atom. The van der Waals surface area contributed by atoms with Crippen LogP contribution in [0, 0.1) is 0 Å². The van der Waals surface area contributed by atoms with Crippen molar-refractivity contribution in [3.8, 4) is 0 Å². The van der Waals surface area contributed by atoms with Gasteiger partial charge in [0, 0.05) is 30.9 Å². The lowest BCUT2D eigenvalue weighted by Crippen LogP contribution is -2.44. The first-order valence-corrected chi connectivity index (χ1v) is 6.51. The number of likely N-dealkylation sites (N-methyl/N-ethyl adjacent to an activating group) is 1. The fourth-order valence-electron chi connectivity index (χ4n) is 2.38. The van der Waals surface area contributed by atoms with Crippen molar-refractivity contribution in [2.24, 2.45) is 12.8 Å². The first-order chi connectivity index (χ1) is 8.01. The number of hydrogen-bond donors (Lipinski definition) is 1. The summed E-state index contributed by atoms with van der Waals surface area (Å²) in [5, 5.41) is 4.26. The van der Waals surface area contributed by atoms with Gasteiger partial charge in [0.15, 0.2) is 0 Å². The molecular weight excluding hydrogens is 212 g/mol. The zero-order valence-electron chi connectivity index (χ0n) is 11.7. The molecule has 1 aromatic rings. The van der Waals surface area contributed by atoms with E-state index in [1.54, 1.807) is 0 Å². The summed E-state index contributed by atoms with van der Waals surface area (Å²) in [4.78, 5) is 2.44. The second-order valence-electron chi connectivity index (χ2n) is 4.89. The van der Waals surface area contributed by atoms with Gasteiger partial charge in [0.2, 0.25) is 0 Å². The van der Waals surface area contributed by atoms with Crippen molar-refractivity contribution in [3.63, 3.8) is 0 Å². The summed E-state index contributed by atoms with van der Waals surface area (Å²) in [5.41, 5.74) is 7.51. The van der Waals surface area contributed by atoms with Crippen LogP contribution >= 0.6 is 0 Å². The van der Waals surface area contributed by atoms with Crippen LogP contribution in [0.5, 0.6) is 0 Å². The van der Waals surface area contributed by atoms with E-state index in [0.717, 1.165) is 13.0 Å². The fourth-order valence-corrected chi connectivity index (χ4v) is 2.38. The van der Waals surface area contributed by atoms with E-state index in [9.17, 15) is 0 Å². The molecule has 0 aliphatic rings. The molecule has 2 N–H and O–H groups in total. The van der Waals surface area contributed by atoms with Gasteiger partial charge in [-0.2, -0.15) is 5.10 Å². The lowest BCUT2D eigenvalue weighted by Gasteiger charge is -2.36. The van der Waals surface area contributed by atoms with E-state index >= 15 is 0 Å². The predicted molar refractivity (Wildman–Crippen MR) is 71.7 cm³/mol. The van der Waals surface area contributed by atoms with Gasteiger partial charge in [-0.25, -0.2) is 0 Å². The SMILES string of the molecule is CCC(N)C(c1cnn(C)c1)N(CC)C(C)C. The molecule has 98 valence electrons. The average molecular weight is 238 g/mol. The van der Waals surface area contributed by atoms with Gasteiger partial charge >= 0.3 is 0 Å². The highest BCUT2D eigenvalue weighted by molar-refractivity contribution is 5.13. The summed E-state index contributed by atoms with van der Waals surface area (Å²) >= 11 is 0. The maximum Gasteiger partial charge on any atom is 0.0538 e. The Bertz CT molecular complexity index is 332. The van der Waals surface area contributed by atoms with E-state index < -0.39 is 0 Å². The first-order valence-electron chi connectivity index (χ1n) is 6.51. The molecule has 1 aromatic heterocycles. The van der Waals surface area contributed by atoms with E-state index in [2.05, 4.69) is 43.9 Å². The fraction of sp³-hybridized carbons (Fsp3) is 0.769. The van der Waals surface area contributed by atoms with Gasteiger partial charge in [0.25, 0.3) is 0 Å². The molecule has 0 aliphatic carbocycles. The van der Waals surface area contributed by atoms with Crippen LogP contribution in [0.3, 0.4) is 0 Å². The minimum absolute atomic E-state index is 0.154. The van der Waals surface area contributed by atoms with Crippen molar-refractivity contribution in [1.82, 2.24) is 14.7 Å². The van der Waals surface area contributed by atoms with Crippen LogP contribution in [0.2, 0.25) is 0 Å². The summed E-state index contributed by atoms with van der Waals surface area (Å²) in [6, 6.07) is 0.906. The van der Waals surface area contributed by atoms with E-state index in [0.29, 0.717) is 6.04 Å². The van der Waals surface area contributed by atoms with Gasteiger partial charge in [0.05, 0.1) is 12.2 Å². The average Bonchev–Trinajstić information content (AvgIpc) is 2.70. The molecule has 17 heavy (non-hydrogen) atoms. The van der Waals surface area contributed by atoms with Crippen LogP contribution in [0.25, 0.3) is 0 Å². The molecule has 0 saturated carbocycles. The summed E-state index contributed by atoms with van der Waals surface area (Å²) in [7, 11) is 1.95. The van der Waals surface area contributed by atoms with Crippen LogP contribution in [0.4, 0.5) is 0 Å². The van der Waals surface area contributed by atoms with E-state index in [4.69, 9.17) is 5.73 Å². The van der Waals surface area contributed by atoms with Gasteiger partial charge in [-0.05, 0) is 26.8 Å². The smallest absolute Gasteiger partial charge is 0.0538 e. The van der Waals surface area contributed by atoms with Crippen LogP contribution in [0.1, 0.15) is 45.7 Å². The maximum absolute atomic E-state index is 6.29. The second kappa shape index (κ2) is 6.17. The van der Waals surface area contributed by atoms with Gasteiger partial charge in [-0.1, -0.05) is 13.8 Å². The Kier molecular flexibility index (Phi) is 5.15. The second-order valence-corrected chi connectivity index (χ2v) is 4.89. The van der Waals surface area contributed by atoms with Gasteiger partial charge in [-0.3, -0.25) is 9.58 Å². The topological polar surface area (TPSA) is 47.1 Å². The number of nitrogens with zero attached hydrogens (tertiary/aromatic N) is 3. The van der Waals surface area contributed by atoms with E-state index in [1.807, 2.05) is 17.9 Å². The Hall–Kier alpha value is -0.870. The number of hydrogen-bond acceptors (Lipinski definition) is 3. The normalized spacial score (nSPS) is 15.5. The first kappa shape index (κ1) is 14.2. The number of aryl methyl sites for hydroxylation is 1. The minimum atomic E-state index is 0.154. The van der Waals surface area contributed by atoms with Crippen molar-refractivity contribution in [3.05, 3.63) is 18.0 Å². The minimum Gasteiger partial charge on any atom is -0.326 e. The van der Waals surface area contributed by atoms with Gasteiger partial charge < -0.3 is 5.73 Å². The van der Waals surface area contributed by atoms with E-state index in [-0.39, 0.29) is 12.1 Å². The third-order valence-corrected chi connectivity index (χ3v) is 3.33. The van der Waals surface area contributed by atoms with E-state index in [1.165, 1.54) is 5.56 Å². The molecule has 0 radical (unpaired) electrons. The Morgan fingerprint density at radius 3 is 2.41 bits per heavy atom. The van der Waals surface area contributed by atoms with Crippen molar-refractivity contribution >= 4 is 0 Å². The molecule has 0 bridgehead atoms. The molecule has 4 nitrogen and oxygen atoms in total. The van der Waals surface area contributed by atoms with Crippen LogP contribution in [0.15, 0.2) is 12.4 Å². The highest BCUT2D eigenvalue weighted by Crippen LogP contribution is 2.26. The third kappa shape index (κ3) is 3.30. The summed E-state index contributed by atoms with van der Waals surface area (Å²) < 4.78 is 1.85. The molecule has 2 atom stereocenters. The summed E-state index contributed by atoms with van der Waals surface area (Å²) in [6.07, 6.45) is 4.99. The maximum atomic E-state index is 6.29. The Labute approximate surface area is 105 Å². The molecule has 0 saturated heterocycles. The highest BCUT2D eigenvalue weighted by atomic mass is 15.3. The van der Waals surface area contributed by atoms with Crippen molar-refractivity contribution in [2.45, 2.75) is 52.2 Å². The molecule has 0 aliphatic heterocycles. The zero-order chi connectivity index (χ0) is 13.0. The molecule has 1 rings (SSSR count). The monoisotopic (exact) mass is 238 g/mol. The predicted octanol–water partition coefficient (Wildman–Crippen LogP) is 1.93. The van der Waals surface area contributed by atoms with Crippen LogP contribution < -0.4 is 5.73 Å². The van der Waals surface area contributed by atoms with Crippen molar-refractivity contribution in [1.29, 1.82) is 0 Å². The molecule has 0 aromatic carbocycles. The quantitative estimate of drug-likeness (QED) is 0.823. The Morgan fingerprint density at radius 1 is 1.41 bits per heavy atom. The molecule has 2 unspecified atom stereocenters. The third-order valence-electron chi connectivity index (χ3n) is 3.33. The summed E-state index contributed by atoms with van der Waals surface area (Å²) in [5.74, 6) is 0. The number of nitrogens with two attached hydrogens (primary N) is 1. The van der Waals surface area contributed by atoms with Gasteiger partial charge in [0.1, 0.15) is 0 Å². The van der Waals surface area contributed by atoms with Crippen LogP contribution in [-0.4, -0.2) is 33.3 Å². The number of rotatable bonds is 6. The van der Waals surface area contributed by atoms with Crippen molar-refractivity contribution in [2.75, 3.05) is 6.54 Å². The molecular formula is C13H26N4. The largest absolute Gasteiger partial charge is 0.326 e. The molecule has 1 heterocycles. The Balaban J connectivity index is 3.02. The standard InChI is InChI=1S/C13H26N4/c1-6-12(14)13(17(7-2)10(3)4)11-8-15-16(5)9-11/h8-10,12-13H,6-7,14H2,1-5H3. The molecule has 4 heteroatoms. The van der Waals surface area contributed by atoms with Crippen LogP contribution in [-0.2, 0) is 7.05 Å².